The predicted octanol–water partition coefficient (Wildman–Crippen LogP) is 0.474. The van der Waals surface area contributed by atoms with Crippen molar-refractivity contribution in [3.63, 3.8) is 0 Å². The average molecular weight is 425 g/mol. The highest BCUT2D eigenvalue weighted by atomic mass is 32.2. The van der Waals surface area contributed by atoms with Gasteiger partial charge in [-0.05, 0) is 12.1 Å². The fourth-order valence-corrected chi connectivity index (χ4v) is 3.77. The first kappa shape index (κ1) is 22.2. The van der Waals surface area contributed by atoms with Crippen molar-refractivity contribution < 1.29 is 31.1 Å². The summed E-state index contributed by atoms with van der Waals surface area (Å²) in [5, 5.41) is 7.34. The zero-order valence-electron chi connectivity index (χ0n) is 15.0. The molecule has 3 N–H and O–H groups in total. The quantitative estimate of drug-likeness (QED) is 0.522. The number of carbonyl (C=O) groups excluding carboxylic acids is 1. The van der Waals surface area contributed by atoms with Crippen LogP contribution in [0.3, 0.4) is 0 Å². The van der Waals surface area contributed by atoms with Gasteiger partial charge in [0.25, 0.3) is 0 Å². The molecule has 0 unspecified atom stereocenters. The molecule has 2 amide bonds. The van der Waals surface area contributed by atoms with E-state index in [0.717, 1.165) is 6.07 Å². The number of rotatable bonds is 8. The zero-order chi connectivity index (χ0) is 20.6. The molecule has 158 valence electrons. The number of halogens is 3. The van der Waals surface area contributed by atoms with Crippen LogP contribution in [0.1, 0.15) is 5.56 Å². The number of aromatic nitrogens is 1. The smallest absolute Gasteiger partial charge is 0.379 e. The highest BCUT2D eigenvalue weighted by Crippen LogP contribution is 2.33. The Morgan fingerprint density at radius 3 is 2.54 bits per heavy atom. The average Bonchev–Trinajstić information content (AvgIpc) is 2.65. The number of hydrogen-bond donors (Lipinski definition) is 3. The van der Waals surface area contributed by atoms with Gasteiger partial charge in [0.1, 0.15) is 5.82 Å². The standard InChI is InChI=1S/C15H22F3N5O4S/c16-15(17,18)12-2-1-3-19-13(12)20-4-5-21-14(24)22-6-11-28(25,26)23-7-9-27-10-8-23/h1-3H,4-11H2,(H,19,20)(H2,21,22,24). The summed E-state index contributed by atoms with van der Waals surface area (Å²) in [4.78, 5) is 15.3. The number of sulfonamides is 1. The van der Waals surface area contributed by atoms with Gasteiger partial charge in [-0.25, -0.2) is 18.2 Å². The molecular formula is C15H22F3N5O4S. The molecule has 0 atom stereocenters. The van der Waals surface area contributed by atoms with E-state index in [0.29, 0.717) is 13.2 Å². The van der Waals surface area contributed by atoms with Crippen molar-refractivity contribution in [1.29, 1.82) is 0 Å². The Bertz CT molecular complexity index is 754. The minimum absolute atomic E-state index is 0.0135. The minimum atomic E-state index is -4.53. The topological polar surface area (TPSA) is 113 Å². The molecular weight excluding hydrogens is 403 g/mol. The van der Waals surface area contributed by atoms with Gasteiger partial charge in [-0.3, -0.25) is 0 Å². The summed E-state index contributed by atoms with van der Waals surface area (Å²) in [5.74, 6) is -0.574. The van der Waals surface area contributed by atoms with E-state index >= 15 is 0 Å². The first-order valence-electron chi connectivity index (χ1n) is 8.53. The van der Waals surface area contributed by atoms with E-state index in [1.54, 1.807) is 0 Å². The summed E-state index contributed by atoms with van der Waals surface area (Å²) in [5.41, 5.74) is -0.896. The Morgan fingerprint density at radius 2 is 1.86 bits per heavy atom. The second-order valence-corrected chi connectivity index (χ2v) is 7.92. The van der Waals surface area contributed by atoms with Crippen LogP contribution < -0.4 is 16.0 Å². The largest absolute Gasteiger partial charge is 0.419 e. The molecule has 0 aromatic carbocycles. The third-order valence-corrected chi connectivity index (χ3v) is 5.70. The number of hydrogen-bond acceptors (Lipinski definition) is 6. The number of amides is 2. The fourth-order valence-electron chi connectivity index (χ4n) is 2.44. The van der Waals surface area contributed by atoms with E-state index in [1.165, 1.54) is 16.6 Å². The van der Waals surface area contributed by atoms with Gasteiger partial charge in [-0.15, -0.1) is 0 Å². The number of urea groups is 1. The first-order valence-corrected chi connectivity index (χ1v) is 10.1. The molecule has 1 aliphatic rings. The van der Waals surface area contributed by atoms with Crippen LogP contribution >= 0.6 is 0 Å². The van der Waals surface area contributed by atoms with Crippen LogP contribution in [-0.4, -0.2) is 75.4 Å². The second-order valence-electron chi connectivity index (χ2n) is 5.83. The van der Waals surface area contributed by atoms with Crippen molar-refractivity contribution in [3.05, 3.63) is 23.9 Å². The molecule has 0 saturated carbocycles. The van der Waals surface area contributed by atoms with E-state index in [2.05, 4.69) is 20.9 Å². The van der Waals surface area contributed by atoms with Gasteiger partial charge in [-0.1, -0.05) is 0 Å². The van der Waals surface area contributed by atoms with Crippen LogP contribution in [0, 0.1) is 0 Å². The van der Waals surface area contributed by atoms with E-state index < -0.39 is 27.8 Å². The zero-order valence-corrected chi connectivity index (χ0v) is 15.8. The minimum Gasteiger partial charge on any atom is -0.379 e. The van der Waals surface area contributed by atoms with Gasteiger partial charge in [0, 0.05) is 38.9 Å². The molecule has 9 nitrogen and oxygen atoms in total. The summed E-state index contributed by atoms with van der Waals surface area (Å²) in [6.07, 6.45) is -3.31. The molecule has 0 bridgehead atoms. The number of ether oxygens (including phenoxy) is 1. The normalized spacial score (nSPS) is 15.8. The fraction of sp³-hybridized carbons (Fsp3) is 0.600. The van der Waals surface area contributed by atoms with E-state index in [1.807, 2.05) is 0 Å². The lowest BCUT2D eigenvalue weighted by atomic mass is 10.2. The van der Waals surface area contributed by atoms with Crippen LogP contribution in [-0.2, 0) is 20.9 Å². The summed E-state index contributed by atoms with van der Waals surface area (Å²) < 4.78 is 69.1. The highest BCUT2D eigenvalue weighted by Gasteiger charge is 2.33. The van der Waals surface area contributed by atoms with Crippen LogP contribution in [0.5, 0.6) is 0 Å². The highest BCUT2D eigenvalue weighted by molar-refractivity contribution is 7.89. The number of nitrogens with one attached hydrogen (secondary N) is 3. The summed E-state index contributed by atoms with van der Waals surface area (Å²) in [7, 11) is -3.48. The lowest BCUT2D eigenvalue weighted by molar-refractivity contribution is -0.137. The third-order valence-electron chi connectivity index (χ3n) is 3.83. The lowest BCUT2D eigenvalue weighted by Crippen LogP contribution is -2.45. The Hall–Kier alpha value is -2.12. The Morgan fingerprint density at radius 1 is 1.18 bits per heavy atom. The summed E-state index contributed by atoms with van der Waals surface area (Å²) >= 11 is 0. The van der Waals surface area contributed by atoms with Gasteiger partial charge in [0.15, 0.2) is 0 Å². The van der Waals surface area contributed by atoms with Crippen molar-refractivity contribution in [1.82, 2.24) is 19.9 Å². The number of pyridine rings is 1. The molecule has 0 spiro atoms. The van der Waals surface area contributed by atoms with Gasteiger partial charge in [0.05, 0.1) is 24.5 Å². The number of morpholine rings is 1. The lowest BCUT2D eigenvalue weighted by Gasteiger charge is -2.26. The number of alkyl halides is 3. The molecule has 28 heavy (non-hydrogen) atoms. The summed E-state index contributed by atoms with van der Waals surface area (Å²) in [6, 6.07) is 1.48. The van der Waals surface area contributed by atoms with E-state index in [-0.39, 0.29) is 44.3 Å². The molecule has 2 rings (SSSR count). The number of carbonyl (C=O) groups is 1. The molecule has 1 aromatic heterocycles. The molecule has 0 radical (unpaired) electrons. The third kappa shape index (κ3) is 6.80. The molecule has 1 saturated heterocycles. The van der Waals surface area contributed by atoms with Crippen LogP contribution in [0.2, 0.25) is 0 Å². The Labute approximate surface area is 160 Å². The number of anilines is 1. The van der Waals surface area contributed by atoms with Crippen LogP contribution in [0.15, 0.2) is 18.3 Å². The monoisotopic (exact) mass is 425 g/mol. The van der Waals surface area contributed by atoms with Crippen molar-refractivity contribution in [3.8, 4) is 0 Å². The van der Waals surface area contributed by atoms with Crippen molar-refractivity contribution in [2.24, 2.45) is 0 Å². The van der Waals surface area contributed by atoms with Crippen molar-refractivity contribution >= 4 is 21.9 Å². The SMILES string of the molecule is O=C(NCCNc1ncccc1C(F)(F)F)NCCS(=O)(=O)N1CCOCC1. The van der Waals surface area contributed by atoms with Crippen molar-refractivity contribution in [2.45, 2.75) is 6.18 Å². The Balaban J connectivity index is 1.67. The molecule has 13 heteroatoms. The van der Waals surface area contributed by atoms with E-state index in [9.17, 15) is 26.4 Å². The van der Waals surface area contributed by atoms with Crippen LogP contribution in [0.25, 0.3) is 0 Å². The van der Waals surface area contributed by atoms with Gasteiger partial charge in [-0.2, -0.15) is 17.5 Å². The molecule has 1 aliphatic heterocycles. The summed E-state index contributed by atoms with van der Waals surface area (Å²) in [6.45, 7) is 1.20. The van der Waals surface area contributed by atoms with Gasteiger partial charge in [0.2, 0.25) is 10.0 Å². The Kier molecular flexibility index (Phi) is 7.83. The predicted molar refractivity (Wildman–Crippen MR) is 95.3 cm³/mol. The maximum absolute atomic E-state index is 12.8. The van der Waals surface area contributed by atoms with Crippen LogP contribution in [0.4, 0.5) is 23.8 Å². The second kappa shape index (κ2) is 9.89. The molecule has 2 heterocycles. The van der Waals surface area contributed by atoms with Crippen molar-refractivity contribution in [2.75, 3.05) is 57.0 Å². The number of nitrogens with zero attached hydrogens (tertiary/aromatic N) is 2. The first-order chi connectivity index (χ1) is 13.2. The molecule has 1 fully saturated rings. The van der Waals surface area contributed by atoms with Gasteiger partial charge < -0.3 is 20.7 Å². The molecule has 1 aromatic rings. The molecule has 0 aliphatic carbocycles. The maximum atomic E-state index is 12.8. The maximum Gasteiger partial charge on any atom is 0.419 e. The van der Waals surface area contributed by atoms with E-state index in [4.69, 9.17) is 4.74 Å². The van der Waals surface area contributed by atoms with Gasteiger partial charge >= 0.3 is 12.2 Å².